The van der Waals surface area contributed by atoms with Gasteiger partial charge in [0.05, 0.1) is 5.69 Å². The van der Waals surface area contributed by atoms with E-state index < -0.39 is 15.8 Å². The van der Waals surface area contributed by atoms with E-state index in [0.717, 1.165) is 11.6 Å². The molecule has 2 aromatic rings. The molecule has 0 saturated heterocycles. The number of nitrogens with one attached hydrogen (secondary N) is 2. The first kappa shape index (κ1) is 15.5. The van der Waals surface area contributed by atoms with Gasteiger partial charge in [-0.2, -0.15) is 0 Å². The first-order chi connectivity index (χ1) is 9.94. The lowest BCUT2D eigenvalue weighted by Gasteiger charge is -2.13. The Kier molecular flexibility index (Phi) is 4.59. The zero-order chi connectivity index (χ0) is 15.5. The highest BCUT2D eigenvalue weighted by Gasteiger charge is 2.20. The Morgan fingerprint density at radius 3 is 2.57 bits per heavy atom. The maximum Gasteiger partial charge on any atom is 0.264 e. The molecule has 2 aromatic carbocycles. The van der Waals surface area contributed by atoms with Crippen LogP contribution < -0.4 is 10.0 Å². The van der Waals surface area contributed by atoms with Crippen LogP contribution in [0.15, 0.2) is 47.4 Å². The van der Waals surface area contributed by atoms with Crippen LogP contribution in [-0.2, 0) is 16.6 Å². The fourth-order valence-corrected chi connectivity index (χ4v) is 3.25. The number of benzene rings is 2. The lowest BCUT2D eigenvalue weighted by molar-refractivity contribution is 0.569. The molecule has 0 aliphatic heterocycles. The van der Waals surface area contributed by atoms with Crippen molar-refractivity contribution >= 4 is 15.7 Å². The molecule has 0 aliphatic carbocycles. The van der Waals surface area contributed by atoms with Crippen molar-refractivity contribution in [2.75, 3.05) is 11.8 Å². The third kappa shape index (κ3) is 3.59. The zero-order valence-corrected chi connectivity index (χ0v) is 12.7. The Morgan fingerprint density at radius 1 is 1.14 bits per heavy atom. The Labute approximate surface area is 124 Å². The van der Waals surface area contributed by atoms with E-state index in [1.807, 2.05) is 6.07 Å². The standard InChI is InChI=1S/C15H17FN2O2S/c1-11-7-8-13(16)15(9-11)21(19,20)18-14-6-4-3-5-12(14)10-17-2/h3-9,17-18H,10H2,1-2H3. The maximum absolute atomic E-state index is 13.8. The minimum absolute atomic E-state index is 0.346. The quantitative estimate of drug-likeness (QED) is 0.893. The number of para-hydroxylation sites is 1. The molecule has 0 aromatic heterocycles. The Balaban J connectivity index is 2.40. The van der Waals surface area contributed by atoms with E-state index in [1.165, 1.54) is 12.1 Å². The molecule has 0 radical (unpaired) electrons. The molecule has 0 saturated carbocycles. The van der Waals surface area contributed by atoms with E-state index in [0.29, 0.717) is 17.8 Å². The van der Waals surface area contributed by atoms with Crippen molar-refractivity contribution in [3.8, 4) is 0 Å². The first-order valence-corrected chi connectivity index (χ1v) is 7.94. The summed E-state index contributed by atoms with van der Waals surface area (Å²) in [6.07, 6.45) is 0. The average Bonchev–Trinajstić information content (AvgIpc) is 2.43. The van der Waals surface area contributed by atoms with Gasteiger partial charge < -0.3 is 5.32 Å². The predicted molar refractivity (Wildman–Crippen MR) is 81.2 cm³/mol. The lowest BCUT2D eigenvalue weighted by Crippen LogP contribution is -2.17. The van der Waals surface area contributed by atoms with Crippen LogP contribution in [-0.4, -0.2) is 15.5 Å². The molecule has 112 valence electrons. The molecule has 6 heteroatoms. The smallest absolute Gasteiger partial charge is 0.264 e. The second kappa shape index (κ2) is 6.24. The highest BCUT2D eigenvalue weighted by atomic mass is 32.2. The minimum Gasteiger partial charge on any atom is -0.316 e. The van der Waals surface area contributed by atoms with Gasteiger partial charge in [0.2, 0.25) is 0 Å². The highest BCUT2D eigenvalue weighted by Crippen LogP contribution is 2.22. The van der Waals surface area contributed by atoms with Gasteiger partial charge in [-0.3, -0.25) is 4.72 Å². The van der Waals surface area contributed by atoms with Crippen molar-refractivity contribution < 1.29 is 12.8 Å². The Hall–Kier alpha value is -1.92. The van der Waals surface area contributed by atoms with Crippen molar-refractivity contribution in [1.82, 2.24) is 5.32 Å². The van der Waals surface area contributed by atoms with Crippen molar-refractivity contribution in [3.63, 3.8) is 0 Å². The summed E-state index contributed by atoms with van der Waals surface area (Å²) in [5.41, 5.74) is 1.91. The molecule has 0 unspecified atom stereocenters. The zero-order valence-electron chi connectivity index (χ0n) is 11.9. The summed E-state index contributed by atoms with van der Waals surface area (Å²) in [5, 5.41) is 2.96. The summed E-state index contributed by atoms with van der Waals surface area (Å²) in [5.74, 6) is -0.765. The fourth-order valence-electron chi connectivity index (χ4n) is 1.98. The van der Waals surface area contributed by atoms with E-state index >= 15 is 0 Å². The number of hydrogen-bond acceptors (Lipinski definition) is 3. The molecule has 21 heavy (non-hydrogen) atoms. The van der Waals surface area contributed by atoms with Gasteiger partial charge in [-0.25, -0.2) is 12.8 Å². The predicted octanol–water partition coefficient (Wildman–Crippen LogP) is 2.65. The second-order valence-electron chi connectivity index (χ2n) is 4.73. The molecule has 0 amide bonds. The number of rotatable bonds is 5. The number of aryl methyl sites for hydroxylation is 1. The largest absolute Gasteiger partial charge is 0.316 e. The van der Waals surface area contributed by atoms with Gasteiger partial charge in [0.25, 0.3) is 10.0 Å². The van der Waals surface area contributed by atoms with E-state index in [2.05, 4.69) is 10.0 Å². The van der Waals surface area contributed by atoms with Crippen LogP contribution >= 0.6 is 0 Å². The van der Waals surface area contributed by atoms with Gasteiger partial charge in [0.15, 0.2) is 0 Å². The molecule has 0 atom stereocenters. The Bertz CT molecular complexity index is 745. The van der Waals surface area contributed by atoms with Gasteiger partial charge in [0, 0.05) is 6.54 Å². The minimum atomic E-state index is -3.96. The Morgan fingerprint density at radius 2 is 1.86 bits per heavy atom. The van der Waals surface area contributed by atoms with Gasteiger partial charge in [-0.1, -0.05) is 24.3 Å². The summed E-state index contributed by atoms with van der Waals surface area (Å²) in [6.45, 7) is 2.22. The van der Waals surface area contributed by atoms with Crippen molar-refractivity contribution in [1.29, 1.82) is 0 Å². The van der Waals surface area contributed by atoms with Gasteiger partial charge >= 0.3 is 0 Å². The number of anilines is 1. The molecule has 2 rings (SSSR count). The topological polar surface area (TPSA) is 58.2 Å². The highest BCUT2D eigenvalue weighted by molar-refractivity contribution is 7.92. The van der Waals surface area contributed by atoms with Crippen LogP contribution in [0.3, 0.4) is 0 Å². The maximum atomic E-state index is 13.8. The van der Waals surface area contributed by atoms with Crippen molar-refractivity contribution in [2.24, 2.45) is 0 Å². The van der Waals surface area contributed by atoms with E-state index in [1.54, 1.807) is 32.2 Å². The fraction of sp³-hybridized carbons (Fsp3) is 0.200. The number of halogens is 1. The molecular weight excluding hydrogens is 291 g/mol. The van der Waals surface area contributed by atoms with Crippen LogP contribution in [0, 0.1) is 12.7 Å². The monoisotopic (exact) mass is 308 g/mol. The SMILES string of the molecule is CNCc1ccccc1NS(=O)(=O)c1cc(C)ccc1F. The summed E-state index contributed by atoms with van der Waals surface area (Å²) in [4.78, 5) is -0.346. The third-order valence-electron chi connectivity index (χ3n) is 3.01. The van der Waals surface area contributed by atoms with Crippen molar-refractivity contribution in [2.45, 2.75) is 18.4 Å². The summed E-state index contributed by atoms with van der Waals surface area (Å²) >= 11 is 0. The molecule has 2 N–H and O–H groups in total. The summed E-state index contributed by atoms with van der Waals surface area (Å²) < 4.78 is 41.0. The molecule has 0 bridgehead atoms. The van der Waals surface area contributed by atoms with Gasteiger partial charge in [0.1, 0.15) is 10.7 Å². The second-order valence-corrected chi connectivity index (χ2v) is 6.38. The average molecular weight is 308 g/mol. The van der Waals surface area contributed by atoms with Crippen LogP contribution in [0.1, 0.15) is 11.1 Å². The van der Waals surface area contributed by atoms with Gasteiger partial charge in [-0.15, -0.1) is 0 Å². The summed E-state index contributed by atoms with van der Waals surface area (Å²) in [7, 11) is -2.19. The molecule has 0 fully saturated rings. The summed E-state index contributed by atoms with van der Waals surface area (Å²) in [6, 6.07) is 11.0. The van der Waals surface area contributed by atoms with Crippen LogP contribution in [0.2, 0.25) is 0 Å². The van der Waals surface area contributed by atoms with Gasteiger partial charge in [-0.05, 0) is 43.3 Å². The molecule has 4 nitrogen and oxygen atoms in total. The van der Waals surface area contributed by atoms with Crippen LogP contribution in [0.4, 0.5) is 10.1 Å². The number of sulfonamides is 1. The lowest BCUT2D eigenvalue weighted by atomic mass is 10.2. The normalized spacial score (nSPS) is 11.4. The number of hydrogen-bond donors (Lipinski definition) is 2. The molecule has 0 heterocycles. The molecular formula is C15H17FN2O2S. The van der Waals surface area contributed by atoms with Crippen LogP contribution in [0.25, 0.3) is 0 Å². The van der Waals surface area contributed by atoms with Crippen LogP contribution in [0.5, 0.6) is 0 Å². The third-order valence-corrected chi connectivity index (χ3v) is 4.39. The molecule has 0 aliphatic rings. The first-order valence-electron chi connectivity index (χ1n) is 6.45. The van der Waals surface area contributed by atoms with E-state index in [4.69, 9.17) is 0 Å². The molecule has 0 spiro atoms. The van der Waals surface area contributed by atoms with Crippen molar-refractivity contribution in [3.05, 3.63) is 59.4 Å². The van der Waals surface area contributed by atoms with E-state index in [-0.39, 0.29) is 4.90 Å². The van der Waals surface area contributed by atoms with E-state index in [9.17, 15) is 12.8 Å².